The lowest BCUT2D eigenvalue weighted by molar-refractivity contribution is -0.142. The zero-order valence-electron chi connectivity index (χ0n) is 10.7. The van der Waals surface area contributed by atoms with E-state index in [1.807, 2.05) is 43.1 Å². The largest absolute Gasteiger partial charge is 0.497 e. The molecule has 0 aliphatic carbocycles. The summed E-state index contributed by atoms with van der Waals surface area (Å²) in [5.74, 6) is -0.0343. The molecule has 1 aromatic rings. The molecule has 94 valence electrons. The minimum absolute atomic E-state index is 0.0243. The van der Waals surface area contributed by atoms with Crippen LogP contribution >= 0.6 is 0 Å². The first-order chi connectivity index (χ1) is 7.97. The van der Waals surface area contributed by atoms with Gasteiger partial charge in [-0.05, 0) is 38.6 Å². The van der Waals surface area contributed by atoms with Gasteiger partial charge in [-0.15, -0.1) is 0 Å². The Labute approximate surface area is 102 Å². The van der Waals surface area contributed by atoms with E-state index >= 15 is 0 Å². The first kappa shape index (κ1) is 13.5. The van der Waals surface area contributed by atoms with Gasteiger partial charge in [0.25, 0.3) is 0 Å². The van der Waals surface area contributed by atoms with E-state index in [2.05, 4.69) is 0 Å². The van der Waals surface area contributed by atoms with Crippen LogP contribution in [0.4, 0.5) is 0 Å². The molecule has 0 aliphatic rings. The van der Waals surface area contributed by atoms with Gasteiger partial charge in [0.1, 0.15) is 11.8 Å². The maximum Gasteiger partial charge on any atom is 0.320 e. The summed E-state index contributed by atoms with van der Waals surface area (Å²) >= 11 is 0. The summed E-state index contributed by atoms with van der Waals surface area (Å²) in [5, 5.41) is 8.98. The second kappa shape index (κ2) is 5.68. The summed E-state index contributed by atoms with van der Waals surface area (Å²) in [5.41, 5.74) is 1.04. The molecular weight excluding hydrogens is 218 g/mol. The van der Waals surface area contributed by atoms with Crippen LogP contribution in [0.2, 0.25) is 0 Å². The Hall–Kier alpha value is -1.55. The lowest BCUT2D eigenvalue weighted by atomic mass is 10.1. The van der Waals surface area contributed by atoms with E-state index in [1.54, 1.807) is 14.0 Å². The summed E-state index contributed by atoms with van der Waals surface area (Å²) < 4.78 is 5.16. The number of carbonyl (C=O) groups is 1. The third-order valence-electron chi connectivity index (χ3n) is 3.16. The van der Waals surface area contributed by atoms with Gasteiger partial charge in [0, 0.05) is 6.04 Å². The van der Waals surface area contributed by atoms with Crippen LogP contribution in [-0.4, -0.2) is 36.2 Å². The van der Waals surface area contributed by atoms with Crippen LogP contribution in [0.15, 0.2) is 24.3 Å². The Morgan fingerprint density at radius 3 is 2.59 bits per heavy atom. The zero-order valence-corrected chi connectivity index (χ0v) is 10.7. The van der Waals surface area contributed by atoms with Gasteiger partial charge in [0.15, 0.2) is 0 Å². The van der Waals surface area contributed by atoms with E-state index in [4.69, 9.17) is 9.84 Å². The molecule has 4 heteroatoms. The third-order valence-corrected chi connectivity index (χ3v) is 3.16. The lowest BCUT2D eigenvalue weighted by Crippen LogP contribution is -2.37. The number of ether oxygens (including phenoxy) is 1. The van der Waals surface area contributed by atoms with Crippen molar-refractivity contribution in [2.45, 2.75) is 25.9 Å². The maximum atomic E-state index is 10.9. The SMILES string of the molecule is COc1cccc(C(C)N(C)C(C)C(=O)O)c1. The van der Waals surface area contributed by atoms with Gasteiger partial charge >= 0.3 is 5.97 Å². The van der Waals surface area contributed by atoms with Gasteiger partial charge in [-0.1, -0.05) is 12.1 Å². The molecule has 0 saturated carbocycles. The van der Waals surface area contributed by atoms with Crippen molar-refractivity contribution in [3.8, 4) is 5.75 Å². The molecule has 0 amide bonds. The lowest BCUT2D eigenvalue weighted by Gasteiger charge is -2.28. The predicted molar refractivity (Wildman–Crippen MR) is 66.3 cm³/mol. The fourth-order valence-electron chi connectivity index (χ4n) is 1.65. The van der Waals surface area contributed by atoms with Crippen molar-refractivity contribution in [3.63, 3.8) is 0 Å². The molecule has 0 fully saturated rings. The van der Waals surface area contributed by atoms with E-state index in [0.29, 0.717) is 0 Å². The molecule has 17 heavy (non-hydrogen) atoms. The molecule has 0 saturated heterocycles. The van der Waals surface area contributed by atoms with Crippen molar-refractivity contribution in [3.05, 3.63) is 29.8 Å². The summed E-state index contributed by atoms with van der Waals surface area (Å²) in [6.45, 7) is 3.66. The van der Waals surface area contributed by atoms with Crippen LogP contribution in [0, 0.1) is 0 Å². The molecule has 1 aromatic carbocycles. The Morgan fingerprint density at radius 1 is 1.41 bits per heavy atom. The van der Waals surface area contributed by atoms with E-state index in [-0.39, 0.29) is 6.04 Å². The van der Waals surface area contributed by atoms with Crippen molar-refractivity contribution >= 4 is 5.97 Å². The second-order valence-corrected chi connectivity index (χ2v) is 4.13. The number of methoxy groups -OCH3 is 1. The molecular formula is C13H19NO3. The number of hydrogen-bond donors (Lipinski definition) is 1. The van der Waals surface area contributed by atoms with Gasteiger partial charge in [-0.2, -0.15) is 0 Å². The van der Waals surface area contributed by atoms with Crippen LogP contribution in [-0.2, 0) is 4.79 Å². The molecule has 2 unspecified atom stereocenters. The fraction of sp³-hybridized carbons (Fsp3) is 0.462. The van der Waals surface area contributed by atoms with E-state index < -0.39 is 12.0 Å². The smallest absolute Gasteiger partial charge is 0.320 e. The molecule has 0 spiro atoms. The van der Waals surface area contributed by atoms with Gasteiger partial charge < -0.3 is 9.84 Å². The number of carboxylic acid groups (broad SMARTS) is 1. The van der Waals surface area contributed by atoms with Crippen molar-refractivity contribution in [2.75, 3.05) is 14.2 Å². The van der Waals surface area contributed by atoms with Crippen LogP contribution in [0.25, 0.3) is 0 Å². The Bertz CT molecular complexity index is 392. The van der Waals surface area contributed by atoms with Crippen LogP contribution in [0.3, 0.4) is 0 Å². The molecule has 0 aromatic heterocycles. The number of rotatable bonds is 5. The molecule has 4 nitrogen and oxygen atoms in total. The normalized spacial score (nSPS) is 14.4. The quantitative estimate of drug-likeness (QED) is 0.852. The Morgan fingerprint density at radius 2 is 2.06 bits per heavy atom. The minimum atomic E-state index is -0.817. The van der Waals surface area contributed by atoms with Crippen LogP contribution in [0.5, 0.6) is 5.75 Å². The monoisotopic (exact) mass is 237 g/mol. The molecule has 0 radical (unpaired) electrons. The molecule has 0 bridgehead atoms. The summed E-state index contributed by atoms with van der Waals surface area (Å²) in [4.78, 5) is 12.7. The van der Waals surface area contributed by atoms with Crippen LogP contribution in [0.1, 0.15) is 25.5 Å². The Kier molecular flexibility index (Phi) is 4.52. The van der Waals surface area contributed by atoms with Gasteiger partial charge in [-0.3, -0.25) is 9.69 Å². The van der Waals surface area contributed by atoms with Crippen molar-refractivity contribution in [1.29, 1.82) is 0 Å². The predicted octanol–water partition coefficient (Wildman–Crippen LogP) is 2.16. The highest BCUT2D eigenvalue weighted by atomic mass is 16.5. The minimum Gasteiger partial charge on any atom is -0.497 e. The maximum absolute atomic E-state index is 10.9. The van der Waals surface area contributed by atoms with Gasteiger partial charge in [0.05, 0.1) is 7.11 Å². The van der Waals surface area contributed by atoms with Crippen molar-refractivity contribution in [1.82, 2.24) is 4.90 Å². The number of nitrogens with zero attached hydrogens (tertiary/aromatic N) is 1. The van der Waals surface area contributed by atoms with Crippen LogP contribution < -0.4 is 4.74 Å². The number of likely N-dealkylation sites (N-methyl/N-ethyl adjacent to an activating group) is 1. The highest BCUT2D eigenvalue weighted by molar-refractivity contribution is 5.72. The zero-order chi connectivity index (χ0) is 13.0. The second-order valence-electron chi connectivity index (χ2n) is 4.13. The van der Waals surface area contributed by atoms with Crippen molar-refractivity contribution in [2.24, 2.45) is 0 Å². The number of carboxylic acids is 1. The number of hydrogen-bond acceptors (Lipinski definition) is 3. The first-order valence-corrected chi connectivity index (χ1v) is 5.56. The average Bonchev–Trinajstić information content (AvgIpc) is 2.36. The first-order valence-electron chi connectivity index (χ1n) is 5.56. The number of benzene rings is 1. The summed E-state index contributed by atoms with van der Waals surface area (Å²) in [6, 6.07) is 7.18. The molecule has 2 atom stereocenters. The molecule has 0 aliphatic heterocycles. The van der Waals surface area contributed by atoms with E-state index in [9.17, 15) is 4.79 Å². The third kappa shape index (κ3) is 3.20. The van der Waals surface area contributed by atoms with Gasteiger partial charge in [0.2, 0.25) is 0 Å². The molecule has 0 heterocycles. The van der Waals surface area contributed by atoms with Crippen molar-refractivity contribution < 1.29 is 14.6 Å². The summed E-state index contributed by atoms with van der Waals surface area (Å²) in [7, 11) is 3.43. The van der Waals surface area contributed by atoms with E-state index in [1.165, 1.54) is 0 Å². The average molecular weight is 237 g/mol. The van der Waals surface area contributed by atoms with Gasteiger partial charge in [-0.25, -0.2) is 0 Å². The van der Waals surface area contributed by atoms with E-state index in [0.717, 1.165) is 11.3 Å². The standard InChI is InChI=1S/C13H19NO3/c1-9(14(3)10(2)13(15)16)11-6-5-7-12(8-11)17-4/h5-10H,1-4H3,(H,15,16). The highest BCUT2D eigenvalue weighted by Gasteiger charge is 2.22. The molecule has 1 N–H and O–H groups in total. The fourth-order valence-corrected chi connectivity index (χ4v) is 1.65. The highest BCUT2D eigenvalue weighted by Crippen LogP contribution is 2.24. The molecule has 1 rings (SSSR count). The summed E-state index contributed by atoms with van der Waals surface area (Å²) in [6.07, 6.45) is 0. The number of aliphatic carboxylic acids is 1. The Balaban J connectivity index is 2.87. The topological polar surface area (TPSA) is 49.8 Å².